The minimum atomic E-state index is -0.309. The van der Waals surface area contributed by atoms with E-state index < -0.39 is 0 Å². The van der Waals surface area contributed by atoms with E-state index in [4.69, 9.17) is 4.74 Å². The molecule has 0 amide bonds. The Bertz CT molecular complexity index is 749. The van der Waals surface area contributed by atoms with E-state index in [-0.39, 0.29) is 39.9 Å². The van der Waals surface area contributed by atoms with Crippen molar-refractivity contribution in [2.45, 2.75) is 64.7 Å². The topological polar surface area (TPSA) is 66.8 Å². The molecule has 1 heterocycles. The second kappa shape index (κ2) is 4.68. The van der Waals surface area contributed by atoms with Crippen LogP contribution in [0.25, 0.3) is 0 Å². The number of carbonyl (C=O) groups excluding carboxylic acids is 1. The highest BCUT2D eigenvalue weighted by Gasteiger charge is 2.55. The van der Waals surface area contributed by atoms with Gasteiger partial charge < -0.3 is 14.9 Å². The Morgan fingerprint density at radius 3 is 2.54 bits per heavy atom. The van der Waals surface area contributed by atoms with E-state index in [1.54, 1.807) is 0 Å². The number of benzene rings is 1. The van der Waals surface area contributed by atoms with Gasteiger partial charge in [-0.3, -0.25) is 4.79 Å². The molecule has 1 aliphatic heterocycles. The van der Waals surface area contributed by atoms with Crippen LogP contribution in [0, 0.1) is 11.3 Å². The van der Waals surface area contributed by atoms with Gasteiger partial charge in [-0.2, -0.15) is 0 Å². The summed E-state index contributed by atoms with van der Waals surface area (Å²) in [5, 5.41) is 21.8. The minimum Gasteiger partial charge on any atom is -0.507 e. The van der Waals surface area contributed by atoms with Crippen molar-refractivity contribution < 1.29 is 19.7 Å². The Morgan fingerprint density at radius 2 is 1.83 bits per heavy atom. The highest BCUT2D eigenvalue weighted by Crippen LogP contribution is 2.63. The first-order valence-corrected chi connectivity index (χ1v) is 8.96. The Labute approximate surface area is 142 Å². The summed E-state index contributed by atoms with van der Waals surface area (Å²) in [5.41, 5.74) is 1.30. The largest absolute Gasteiger partial charge is 0.507 e. The quantitative estimate of drug-likeness (QED) is 0.697. The molecule has 2 aliphatic carbocycles. The third-order valence-corrected chi connectivity index (χ3v) is 6.88. The van der Waals surface area contributed by atoms with Crippen LogP contribution < -0.4 is 4.74 Å². The Hall–Kier alpha value is -1.71. The molecular formula is C20H26O4. The van der Waals surface area contributed by atoms with Crippen LogP contribution in [0.4, 0.5) is 0 Å². The Balaban J connectivity index is 2.03. The van der Waals surface area contributed by atoms with Crippen molar-refractivity contribution in [3.63, 3.8) is 0 Å². The van der Waals surface area contributed by atoms with Gasteiger partial charge in [0.1, 0.15) is 5.75 Å². The van der Waals surface area contributed by atoms with Crippen molar-refractivity contribution in [3.8, 4) is 17.2 Å². The molecule has 4 heteroatoms. The third kappa shape index (κ3) is 1.77. The zero-order valence-corrected chi connectivity index (χ0v) is 14.9. The molecule has 2 N–H and O–H groups in total. The normalized spacial score (nSPS) is 33.4. The highest BCUT2D eigenvalue weighted by atomic mass is 16.5. The van der Waals surface area contributed by atoms with Gasteiger partial charge in [-0.05, 0) is 24.2 Å². The summed E-state index contributed by atoms with van der Waals surface area (Å²) < 4.78 is 5.68. The molecule has 24 heavy (non-hydrogen) atoms. The summed E-state index contributed by atoms with van der Waals surface area (Å²) in [7, 11) is 0. The van der Waals surface area contributed by atoms with Gasteiger partial charge in [-0.1, -0.05) is 34.1 Å². The molecule has 1 aromatic rings. The van der Waals surface area contributed by atoms with E-state index in [2.05, 4.69) is 20.8 Å². The molecule has 0 saturated heterocycles. The zero-order chi connectivity index (χ0) is 17.4. The van der Waals surface area contributed by atoms with Crippen LogP contribution in [0.2, 0.25) is 0 Å². The number of hydrogen-bond acceptors (Lipinski definition) is 4. The van der Waals surface area contributed by atoms with Crippen LogP contribution >= 0.6 is 0 Å². The molecule has 3 atom stereocenters. The molecule has 4 nitrogen and oxygen atoms in total. The molecular weight excluding hydrogens is 304 g/mol. The standard InChI is InChI=1S/C20H26O4/c1-10-9-24-18-13(10)16(22)14-11(21)8-12-19(2,3)6-5-7-20(12,4)15(14)17(18)23/h10,12,22-23H,5-9H2,1-4H3/t10-,12?,20+/m1/s1. The van der Waals surface area contributed by atoms with Gasteiger partial charge in [0.05, 0.1) is 12.2 Å². The van der Waals surface area contributed by atoms with E-state index in [0.717, 1.165) is 19.3 Å². The third-order valence-electron chi connectivity index (χ3n) is 6.88. The first kappa shape index (κ1) is 15.8. The average Bonchev–Trinajstić information content (AvgIpc) is 2.88. The van der Waals surface area contributed by atoms with Crippen molar-refractivity contribution in [2.75, 3.05) is 6.61 Å². The lowest BCUT2D eigenvalue weighted by atomic mass is 9.50. The molecule has 1 aromatic carbocycles. The van der Waals surface area contributed by atoms with Crippen molar-refractivity contribution in [1.82, 2.24) is 0 Å². The van der Waals surface area contributed by atoms with E-state index in [9.17, 15) is 15.0 Å². The monoisotopic (exact) mass is 330 g/mol. The van der Waals surface area contributed by atoms with Crippen LogP contribution in [0.5, 0.6) is 17.2 Å². The molecule has 1 fully saturated rings. The van der Waals surface area contributed by atoms with E-state index in [1.165, 1.54) is 0 Å². The number of Topliss-reactive ketones (excluding diaryl/α,β-unsaturated/α-hetero) is 1. The number of ketones is 1. The van der Waals surface area contributed by atoms with Gasteiger partial charge in [-0.25, -0.2) is 0 Å². The number of hydrogen-bond donors (Lipinski definition) is 2. The van der Waals surface area contributed by atoms with E-state index >= 15 is 0 Å². The molecule has 3 aliphatic rings. The SMILES string of the molecule is C[C@@H]1COc2c(O)c3c(c(O)c21)C(=O)CC1C(C)(C)CCC[C@]31C. The number of phenolic OH excluding ortho intramolecular Hbond substituents is 2. The Kier molecular flexibility index (Phi) is 3.08. The summed E-state index contributed by atoms with van der Waals surface area (Å²) in [6.07, 6.45) is 3.50. The van der Waals surface area contributed by atoms with Crippen LogP contribution in [-0.4, -0.2) is 22.6 Å². The summed E-state index contributed by atoms with van der Waals surface area (Å²) in [6.45, 7) is 8.96. The van der Waals surface area contributed by atoms with Crippen molar-refractivity contribution in [3.05, 3.63) is 16.7 Å². The minimum absolute atomic E-state index is 0.0164. The number of phenols is 2. The molecule has 4 rings (SSSR count). The fraction of sp³-hybridized carbons (Fsp3) is 0.650. The lowest BCUT2D eigenvalue weighted by Crippen LogP contribution is -2.49. The fourth-order valence-corrected chi connectivity index (χ4v) is 5.65. The Morgan fingerprint density at radius 1 is 1.12 bits per heavy atom. The fourth-order valence-electron chi connectivity index (χ4n) is 5.65. The predicted molar refractivity (Wildman–Crippen MR) is 91.1 cm³/mol. The van der Waals surface area contributed by atoms with Gasteiger partial charge in [0, 0.05) is 28.9 Å². The summed E-state index contributed by atoms with van der Waals surface area (Å²) in [6, 6.07) is 0. The van der Waals surface area contributed by atoms with Gasteiger partial charge in [0.15, 0.2) is 17.3 Å². The molecule has 130 valence electrons. The van der Waals surface area contributed by atoms with Crippen LogP contribution in [-0.2, 0) is 5.41 Å². The first-order valence-electron chi connectivity index (χ1n) is 8.96. The highest BCUT2D eigenvalue weighted by molar-refractivity contribution is 6.04. The maximum absolute atomic E-state index is 12.9. The van der Waals surface area contributed by atoms with Gasteiger partial charge in [0.2, 0.25) is 0 Å². The number of carbonyl (C=O) groups is 1. The van der Waals surface area contributed by atoms with Crippen molar-refractivity contribution in [1.29, 1.82) is 0 Å². The molecule has 0 aromatic heterocycles. The molecule has 0 radical (unpaired) electrons. The second-order valence-corrected chi connectivity index (χ2v) is 8.84. The van der Waals surface area contributed by atoms with E-state index in [0.29, 0.717) is 35.5 Å². The number of ether oxygens (including phenoxy) is 1. The molecule has 1 saturated carbocycles. The number of aromatic hydroxyl groups is 2. The van der Waals surface area contributed by atoms with E-state index in [1.807, 2.05) is 6.92 Å². The summed E-state index contributed by atoms with van der Waals surface area (Å²) in [4.78, 5) is 12.9. The summed E-state index contributed by atoms with van der Waals surface area (Å²) >= 11 is 0. The van der Waals surface area contributed by atoms with Gasteiger partial charge in [0.25, 0.3) is 0 Å². The molecule has 0 bridgehead atoms. The molecule has 0 spiro atoms. The maximum Gasteiger partial charge on any atom is 0.168 e. The number of fused-ring (bicyclic) bond motifs is 4. The first-order chi connectivity index (χ1) is 11.2. The van der Waals surface area contributed by atoms with Gasteiger partial charge in [-0.15, -0.1) is 0 Å². The lowest BCUT2D eigenvalue weighted by Gasteiger charge is -2.53. The summed E-state index contributed by atoms with van der Waals surface area (Å²) in [5.74, 6) is 0.614. The second-order valence-electron chi connectivity index (χ2n) is 8.84. The zero-order valence-electron chi connectivity index (χ0n) is 14.9. The van der Waals surface area contributed by atoms with Crippen LogP contribution in [0.1, 0.15) is 80.8 Å². The van der Waals surface area contributed by atoms with Crippen molar-refractivity contribution in [2.24, 2.45) is 11.3 Å². The molecule has 1 unspecified atom stereocenters. The lowest BCUT2D eigenvalue weighted by molar-refractivity contribution is 0.0351. The number of rotatable bonds is 0. The van der Waals surface area contributed by atoms with Crippen molar-refractivity contribution >= 4 is 5.78 Å². The van der Waals surface area contributed by atoms with Crippen LogP contribution in [0.3, 0.4) is 0 Å². The van der Waals surface area contributed by atoms with Crippen LogP contribution in [0.15, 0.2) is 0 Å². The smallest absolute Gasteiger partial charge is 0.168 e. The van der Waals surface area contributed by atoms with Gasteiger partial charge >= 0.3 is 0 Å². The predicted octanol–water partition coefficient (Wildman–Crippen LogP) is 4.26. The average molecular weight is 330 g/mol. The maximum atomic E-state index is 12.9.